The first-order chi connectivity index (χ1) is 10.6. The van der Waals surface area contributed by atoms with Gasteiger partial charge < -0.3 is 10.2 Å². The van der Waals surface area contributed by atoms with E-state index < -0.39 is 4.92 Å². The van der Waals surface area contributed by atoms with Crippen LogP contribution in [0.1, 0.15) is 31.2 Å². The highest BCUT2D eigenvalue weighted by atomic mass is 35.5. The Kier molecular flexibility index (Phi) is 5.59. The lowest BCUT2D eigenvalue weighted by Crippen LogP contribution is -2.54. The molecule has 1 unspecified atom stereocenters. The maximum atomic E-state index is 12.9. The number of nitrogens with one attached hydrogen (secondary N) is 1. The summed E-state index contributed by atoms with van der Waals surface area (Å²) in [4.78, 5) is 25.2. The molecule has 126 valence electrons. The van der Waals surface area contributed by atoms with Crippen LogP contribution in [0, 0.1) is 15.5 Å². The quantitative estimate of drug-likeness (QED) is 0.678. The average molecular weight is 340 g/mol. The Labute approximate surface area is 141 Å². The Balaban J connectivity index is 0.00000192. The molecule has 1 aromatic carbocycles. The number of hydrogen-bond donors (Lipinski definition) is 1. The van der Waals surface area contributed by atoms with Crippen molar-refractivity contribution in [2.45, 2.75) is 32.2 Å². The van der Waals surface area contributed by atoms with Crippen molar-refractivity contribution >= 4 is 24.0 Å². The number of halogens is 1. The van der Waals surface area contributed by atoms with Gasteiger partial charge in [0.05, 0.1) is 10.3 Å². The molecular formula is C16H22ClN3O3. The van der Waals surface area contributed by atoms with Crippen LogP contribution in [-0.2, 0) is 11.3 Å². The van der Waals surface area contributed by atoms with Crippen LogP contribution in [0.5, 0.6) is 0 Å². The van der Waals surface area contributed by atoms with Gasteiger partial charge >= 0.3 is 0 Å². The van der Waals surface area contributed by atoms with E-state index in [2.05, 4.69) is 5.32 Å². The Bertz CT molecular complexity index is 582. The number of carbonyl (C=O) groups excluding carboxylic acids is 1. The number of nitro groups is 1. The third-order valence-corrected chi connectivity index (χ3v) is 4.79. The number of non-ortho nitro benzene ring substituents is 1. The maximum Gasteiger partial charge on any atom is 0.269 e. The van der Waals surface area contributed by atoms with Gasteiger partial charge in [-0.2, -0.15) is 0 Å². The lowest BCUT2D eigenvalue weighted by atomic mass is 9.73. The van der Waals surface area contributed by atoms with Crippen molar-refractivity contribution < 1.29 is 9.72 Å². The van der Waals surface area contributed by atoms with E-state index in [1.165, 1.54) is 6.07 Å². The summed E-state index contributed by atoms with van der Waals surface area (Å²) in [5.41, 5.74) is 0.649. The molecule has 7 heteroatoms. The number of likely N-dealkylation sites (tertiary alicyclic amines) is 1. The predicted molar refractivity (Wildman–Crippen MR) is 89.5 cm³/mol. The van der Waals surface area contributed by atoms with Crippen LogP contribution < -0.4 is 5.32 Å². The molecular weight excluding hydrogens is 318 g/mol. The first-order valence-electron chi connectivity index (χ1n) is 7.84. The molecule has 1 atom stereocenters. The van der Waals surface area contributed by atoms with Crippen molar-refractivity contribution in [3.05, 3.63) is 39.9 Å². The van der Waals surface area contributed by atoms with Gasteiger partial charge in [0.1, 0.15) is 0 Å². The van der Waals surface area contributed by atoms with Gasteiger partial charge in [-0.05, 0) is 37.8 Å². The molecule has 2 heterocycles. The van der Waals surface area contributed by atoms with Crippen LogP contribution in [0.15, 0.2) is 24.3 Å². The molecule has 23 heavy (non-hydrogen) atoms. The van der Waals surface area contributed by atoms with Gasteiger partial charge in [-0.15, -0.1) is 12.4 Å². The van der Waals surface area contributed by atoms with E-state index in [0.717, 1.165) is 50.9 Å². The third kappa shape index (κ3) is 3.64. The topological polar surface area (TPSA) is 75.5 Å². The van der Waals surface area contributed by atoms with Crippen molar-refractivity contribution in [1.29, 1.82) is 0 Å². The van der Waals surface area contributed by atoms with Crippen LogP contribution in [0.25, 0.3) is 0 Å². The van der Waals surface area contributed by atoms with E-state index in [0.29, 0.717) is 6.54 Å². The van der Waals surface area contributed by atoms with Gasteiger partial charge in [-0.25, -0.2) is 0 Å². The van der Waals surface area contributed by atoms with E-state index >= 15 is 0 Å². The van der Waals surface area contributed by atoms with Crippen LogP contribution in [0.2, 0.25) is 0 Å². The molecule has 0 saturated carbocycles. The van der Waals surface area contributed by atoms with E-state index in [9.17, 15) is 14.9 Å². The summed E-state index contributed by atoms with van der Waals surface area (Å²) in [5, 5.41) is 14.2. The second kappa shape index (κ2) is 7.27. The van der Waals surface area contributed by atoms with Gasteiger partial charge in [0, 0.05) is 31.8 Å². The van der Waals surface area contributed by atoms with Gasteiger partial charge in [0.15, 0.2) is 0 Å². The zero-order chi connectivity index (χ0) is 15.6. The van der Waals surface area contributed by atoms with Crippen LogP contribution >= 0.6 is 12.4 Å². The first-order valence-corrected chi connectivity index (χ1v) is 7.84. The number of carbonyl (C=O) groups is 1. The van der Waals surface area contributed by atoms with Gasteiger partial charge in [0.2, 0.25) is 5.91 Å². The lowest BCUT2D eigenvalue weighted by molar-refractivity contribution is -0.384. The van der Waals surface area contributed by atoms with Crippen molar-refractivity contribution in [1.82, 2.24) is 10.2 Å². The van der Waals surface area contributed by atoms with Crippen molar-refractivity contribution in [2.24, 2.45) is 5.41 Å². The van der Waals surface area contributed by atoms with Crippen LogP contribution in [0.4, 0.5) is 5.69 Å². The fourth-order valence-electron chi connectivity index (χ4n) is 3.66. The second-order valence-corrected chi connectivity index (χ2v) is 6.32. The Morgan fingerprint density at radius 3 is 2.78 bits per heavy atom. The number of piperidine rings is 2. The molecule has 1 spiro atoms. The predicted octanol–water partition coefficient (Wildman–Crippen LogP) is 2.51. The SMILES string of the molecule is Cl.O=C1N(Cc2cccc([N+](=O)[O-])c2)CCCC12CCCNC2. The maximum absolute atomic E-state index is 12.9. The number of hydrogen-bond acceptors (Lipinski definition) is 4. The third-order valence-electron chi connectivity index (χ3n) is 4.79. The molecule has 2 saturated heterocycles. The molecule has 1 N–H and O–H groups in total. The molecule has 1 amide bonds. The molecule has 6 nitrogen and oxygen atoms in total. The Morgan fingerprint density at radius 1 is 1.30 bits per heavy atom. The number of benzene rings is 1. The van der Waals surface area contributed by atoms with Crippen molar-refractivity contribution in [3.63, 3.8) is 0 Å². The summed E-state index contributed by atoms with van der Waals surface area (Å²) in [7, 11) is 0. The summed E-state index contributed by atoms with van der Waals surface area (Å²) in [6.07, 6.45) is 3.94. The zero-order valence-corrected chi connectivity index (χ0v) is 13.8. The minimum absolute atomic E-state index is 0. The molecule has 1 aromatic rings. The van der Waals surface area contributed by atoms with Crippen LogP contribution in [-0.4, -0.2) is 35.4 Å². The smallest absolute Gasteiger partial charge is 0.269 e. The second-order valence-electron chi connectivity index (χ2n) is 6.32. The first kappa shape index (κ1) is 17.7. The number of rotatable bonds is 3. The van der Waals surface area contributed by atoms with Gasteiger partial charge in [-0.1, -0.05) is 12.1 Å². The molecule has 3 rings (SSSR count). The molecule has 0 aromatic heterocycles. The van der Waals surface area contributed by atoms with Crippen LogP contribution in [0.3, 0.4) is 0 Å². The molecule has 2 fully saturated rings. The normalized spacial score (nSPS) is 24.3. The number of amides is 1. The Morgan fingerprint density at radius 2 is 2.09 bits per heavy atom. The zero-order valence-electron chi connectivity index (χ0n) is 13.0. The highest BCUT2D eigenvalue weighted by molar-refractivity contribution is 5.85. The summed E-state index contributed by atoms with van der Waals surface area (Å²) in [6, 6.07) is 6.57. The van der Waals surface area contributed by atoms with E-state index in [1.54, 1.807) is 12.1 Å². The summed E-state index contributed by atoms with van der Waals surface area (Å²) in [5.74, 6) is 0.206. The monoisotopic (exact) mass is 339 g/mol. The fraction of sp³-hybridized carbons (Fsp3) is 0.562. The fourth-order valence-corrected chi connectivity index (χ4v) is 3.66. The molecule has 0 radical (unpaired) electrons. The van der Waals surface area contributed by atoms with E-state index in [4.69, 9.17) is 0 Å². The van der Waals surface area contributed by atoms with E-state index in [1.807, 2.05) is 11.0 Å². The standard InChI is InChI=1S/C16H21N3O3.ClH/c20-15-16(6-2-8-17-12-16)7-3-9-18(15)11-13-4-1-5-14(10-13)19(21)22;/h1,4-5,10,17H,2-3,6-9,11-12H2;1H. The van der Waals surface area contributed by atoms with Crippen molar-refractivity contribution in [2.75, 3.05) is 19.6 Å². The molecule has 0 aliphatic carbocycles. The average Bonchev–Trinajstić information content (AvgIpc) is 2.53. The highest BCUT2D eigenvalue weighted by Gasteiger charge is 2.44. The highest BCUT2D eigenvalue weighted by Crippen LogP contribution is 2.37. The van der Waals surface area contributed by atoms with Crippen molar-refractivity contribution in [3.8, 4) is 0 Å². The number of nitrogens with zero attached hydrogens (tertiary/aromatic N) is 2. The largest absolute Gasteiger partial charge is 0.338 e. The molecule has 2 aliphatic rings. The molecule has 2 aliphatic heterocycles. The number of nitro benzene ring substituents is 1. The van der Waals surface area contributed by atoms with E-state index in [-0.39, 0.29) is 29.4 Å². The lowest BCUT2D eigenvalue weighted by Gasteiger charge is -2.44. The molecule has 0 bridgehead atoms. The minimum atomic E-state index is -0.395. The summed E-state index contributed by atoms with van der Waals surface area (Å²) < 4.78 is 0. The summed E-state index contributed by atoms with van der Waals surface area (Å²) in [6.45, 7) is 2.95. The van der Waals surface area contributed by atoms with Gasteiger partial charge in [-0.3, -0.25) is 14.9 Å². The minimum Gasteiger partial charge on any atom is -0.338 e. The Hall–Kier alpha value is -1.66. The summed E-state index contributed by atoms with van der Waals surface area (Å²) >= 11 is 0. The van der Waals surface area contributed by atoms with Gasteiger partial charge in [0.25, 0.3) is 5.69 Å².